The van der Waals surface area contributed by atoms with Gasteiger partial charge in [0.05, 0.1) is 10.8 Å². The van der Waals surface area contributed by atoms with Crippen LogP contribution in [-0.2, 0) is 4.79 Å². The molecule has 0 amide bonds. The monoisotopic (exact) mass is 372 g/mol. The lowest BCUT2D eigenvalue weighted by atomic mass is 9.47. The Morgan fingerprint density at radius 1 is 0.893 bits per heavy atom. The number of hydrogen-bond donors (Lipinski definition) is 0. The van der Waals surface area contributed by atoms with Gasteiger partial charge in [-0.25, -0.2) is 0 Å². The molecule has 5 aliphatic rings. The number of hydrogen-bond acceptors (Lipinski definition) is 2. The van der Waals surface area contributed by atoms with E-state index in [4.69, 9.17) is 0 Å². The molecule has 0 spiro atoms. The minimum Gasteiger partial charge on any atom is -0.298 e. The highest BCUT2D eigenvalue weighted by Gasteiger charge is 2.73. The number of rotatable bonds is 1. The molecule has 0 aliphatic heterocycles. The minimum absolute atomic E-state index is 0.152. The largest absolute Gasteiger partial charge is 0.298 e. The number of Topliss-reactive ketones (excluding diaryl/α,β-unsaturated/α-hetero) is 2. The Morgan fingerprint density at radius 3 is 2.64 bits per heavy atom. The summed E-state index contributed by atoms with van der Waals surface area (Å²) in [7, 11) is 0. The van der Waals surface area contributed by atoms with Crippen molar-refractivity contribution in [2.75, 3.05) is 0 Å². The van der Waals surface area contributed by atoms with E-state index in [9.17, 15) is 9.59 Å². The lowest BCUT2D eigenvalue weighted by Crippen LogP contribution is -2.55. The van der Waals surface area contributed by atoms with E-state index in [-0.39, 0.29) is 23.5 Å². The number of carbonyl (C=O) groups excluding carboxylic acids is 2. The van der Waals surface area contributed by atoms with Gasteiger partial charge >= 0.3 is 0 Å². The molecule has 0 bridgehead atoms. The van der Waals surface area contributed by atoms with Crippen LogP contribution in [0.5, 0.6) is 0 Å². The SMILES string of the molecule is O=C1C2CCCC[C@@H]2[C@@H]2C=CC=C[C@]12[C@]12CCCC[C@H]1c1ccccc1C2=O. The van der Waals surface area contributed by atoms with Gasteiger partial charge in [0.1, 0.15) is 5.78 Å². The molecule has 0 N–H and O–H groups in total. The third-order valence-electron chi connectivity index (χ3n) is 8.97. The summed E-state index contributed by atoms with van der Waals surface area (Å²) < 4.78 is 0. The molecule has 28 heavy (non-hydrogen) atoms. The quantitative estimate of drug-likeness (QED) is 0.639. The second-order valence-corrected chi connectivity index (χ2v) is 9.74. The number of carbonyl (C=O) groups is 2. The zero-order valence-corrected chi connectivity index (χ0v) is 16.4. The smallest absolute Gasteiger partial charge is 0.171 e. The standard InChI is InChI=1S/C26H28O2/c27-23-19-11-3-1-9-17(19)21-13-5-7-15-25(21,23)26-16-8-6-14-22(26)18-10-2-4-12-20(18)24(26)28/h1,3,6,8-9,11,14,16,18,20-22H,2,4-5,7,10,12-13,15H2/t18-,20?,21-,22-,25+,26+/m0/s1. The van der Waals surface area contributed by atoms with Crippen LogP contribution < -0.4 is 0 Å². The number of fused-ring (bicyclic) bond motifs is 7. The van der Waals surface area contributed by atoms with Crippen molar-refractivity contribution in [3.8, 4) is 0 Å². The molecule has 1 aromatic carbocycles. The van der Waals surface area contributed by atoms with Crippen molar-refractivity contribution in [2.45, 2.75) is 57.3 Å². The molecule has 0 saturated heterocycles. The molecular formula is C26H28O2. The fourth-order valence-electron chi connectivity index (χ4n) is 8.07. The summed E-state index contributed by atoms with van der Waals surface area (Å²) in [5.74, 6) is 1.65. The summed E-state index contributed by atoms with van der Waals surface area (Å²) in [5.41, 5.74) is 0.928. The molecule has 2 nitrogen and oxygen atoms in total. The number of benzene rings is 1. The first-order valence-corrected chi connectivity index (χ1v) is 11.3. The fraction of sp³-hybridized carbons (Fsp3) is 0.538. The van der Waals surface area contributed by atoms with Crippen molar-refractivity contribution in [3.63, 3.8) is 0 Å². The molecular weight excluding hydrogens is 344 g/mol. The summed E-state index contributed by atoms with van der Waals surface area (Å²) in [5, 5.41) is 0. The van der Waals surface area contributed by atoms with Crippen LogP contribution in [0.25, 0.3) is 0 Å². The van der Waals surface area contributed by atoms with E-state index in [0.717, 1.165) is 50.5 Å². The van der Waals surface area contributed by atoms with Crippen LogP contribution >= 0.6 is 0 Å². The van der Waals surface area contributed by atoms with Gasteiger partial charge in [-0.2, -0.15) is 0 Å². The highest BCUT2D eigenvalue weighted by Crippen LogP contribution is 2.71. The van der Waals surface area contributed by atoms with Gasteiger partial charge in [-0.1, -0.05) is 74.3 Å². The predicted molar refractivity (Wildman–Crippen MR) is 109 cm³/mol. The molecule has 0 aromatic heterocycles. The van der Waals surface area contributed by atoms with Gasteiger partial charge in [-0.15, -0.1) is 0 Å². The molecule has 144 valence electrons. The van der Waals surface area contributed by atoms with Crippen molar-refractivity contribution < 1.29 is 9.59 Å². The minimum atomic E-state index is -0.622. The second kappa shape index (κ2) is 5.78. The maximum Gasteiger partial charge on any atom is 0.171 e. The first-order chi connectivity index (χ1) is 13.7. The highest BCUT2D eigenvalue weighted by molar-refractivity contribution is 6.11. The molecule has 6 atom stereocenters. The predicted octanol–water partition coefficient (Wildman–Crippen LogP) is 5.64. The van der Waals surface area contributed by atoms with E-state index in [1.54, 1.807) is 0 Å². The van der Waals surface area contributed by atoms with Crippen molar-refractivity contribution in [2.24, 2.45) is 28.6 Å². The van der Waals surface area contributed by atoms with Gasteiger partial charge < -0.3 is 0 Å². The van der Waals surface area contributed by atoms with E-state index < -0.39 is 10.8 Å². The molecule has 0 radical (unpaired) electrons. The lowest BCUT2D eigenvalue weighted by Gasteiger charge is -2.52. The van der Waals surface area contributed by atoms with Crippen LogP contribution in [0.15, 0.2) is 48.6 Å². The Hall–Kier alpha value is -1.96. The summed E-state index contributed by atoms with van der Waals surface area (Å²) in [6.45, 7) is 0. The third kappa shape index (κ3) is 1.76. The van der Waals surface area contributed by atoms with Gasteiger partial charge in [-0.05, 0) is 49.0 Å². The van der Waals surface area contributed by atoms with E-state index >= 15 is 0 Å². The Bertz CT molecular complexity index is 924. The van der Waals surface area contributed by atoms with Crippen LogP contribution in [-0.4, -0.2) is 11.6 Å². The molecule has 1 aromatic rings. The number of ketones is 2. The first kappa shape index (κ1) is 16.9. The van der Waals surface area contributed by atoms with Gasteiger partial charge in [0.25, 0.3) is 0 Å². The van der Waals surface area contributed by atoms with Gasteiger partial charge in [0, 0.05) is 11.5 Å². The zero-order valence-electron chi connectivity index (χ0n) is 16.4. The van der Waals surface area contributed by atoms with E-state index in [1.807, 2.05) is 12.1 Å². The second-order valence-electron chi connectivity index (χ2n) is 9.74. The van der Waals surface area contributed by atoms with E-state index in [0.29, 0.717) is 11.7 Å². The Kier molecular flexibility index (Phi) is 3.50. The van der Waals surface area contributed by atoms with Crippen LogP contribution in [0.3, 0.4) is 0 Å². The topological polar surface area (TPSA) is 34.1 Å². The molecule has 1 unspecified atom stereocenters. The van der Waals surface area contributed by atoms with Crippen LogP contribution in [0.4, 0.5) is 0 Å². The Balaban J connectivity index is 1.61. The molecule has 3 saturated carbocycles. The molecule has 2 heteroatoms. The molecule has 3 fully saturated rings. The summed E-state index contributed by atoms with van der Waals surface area (Å²) in [4.78, 5) is 28.3. The molecule has 5 aliphatic carbocycles. The Labute approximate surface area is 167 Å². The van der Waals surface area contributed by atoms with Crippen molar-refractivity contribution >= 4 is 11.6 Å². The van der Waals surface area contributed by atoms with E-state index in [1.165, 1.54) is 12.0 Å². The Morgan fingerprint density at radius 2 is 1.71 bits per heavy atom. The third-order valence-corrected chi connectivity index (χ3v) is 8.97. The highest BCUT2D eigenvalue weighted by atomic mass is 16.1. The van der Waals surface area contributed by atoms with Crippen LogP contribution in [0, 0.1) is 28.6 Å². The van der Waals surface area contributed by atoms with Gasteiger partial charge in [0.15, 0.2) is 5.78 Å². The normalized spacial score (nSPS) is 43.4. The van der Waals surface area contributed by atoms with Crippen molar-refractivity contribution in [1.29, 1.82) is 0 Å². The number of allylic oxidation sites excluding steroid dienone is 4. The van der Waals surface area contributed by atoms with Crippen LogP contribution in [0.1, 0.15) is 73.2 Å². The summed E-state index contributed by atoms with van der Waals surface area (Å²) >= 11 is 0. The van der Waals surface area contributed by atoms with Gasteiger partial charge in [-0.3, -0.25) is 9.59 Å². The zero-order chi connectivity index (χ0) is 18.9. The molecule has 0 heterocycles. The first-order valence-electron chi connectivity index (χ1n) is 11.3. The summed E-state index contributed by atoms with van der Waals surface area (Å²) in [6.07, 6.45) is 17.4. The fourth-order valence-corrected chi connectivity index (χ4v) is 8.07. The average Bonchev–Trinajstić information content (AvgIpc) is 3.18. The van der Waals surface area contributed by atoms with Gasteiger partial charge in [0.2, 0.25) is 0 Å². The lowest BCUT2D eigenvalue weighted by molar-refractivity contribution is -0.134. The maximum atomic E-state index is 14.2. The van der Waals surface area contributed by atoms with Crippen molar-refractivity contribution in [3.05, 3.63) is 59.7 Å². The van der Waals surface area contributed by atoms with Crippen molar-refractivity contribution in [1.82, 2.24) is 0 Å². The average molecular weight is 373 g/mol. The molecule has 6 rings (SSSR count). The van der Waals surface area contributed by atoms with Crippen LogP contribution in [0.2, 0.25) is 0 Å². The summed E-state index contributed by atoms with van der Waals surface area (Å²) in [6, 6.07) is 8.23. The van der Waals surface area contributed by atoms with E-state index in [2.05, 4.69) is 36.4 Å². The maximum absolute atomic E-state index is 14.2.